The third-order valence-corrected chi connectivity index (χ3v) is 5.08. The molecule has 3 heterocycles. The van der Waals surface area contributed by atoms with Crippen molar-refractivity contribution in [1.82, 2.24) is 20.3 Å². The zero-order chi connectivity index (χ0) is 17.9. The topological polar surface area (TPSA) is 85.3 Å². The van der Waals surface area contributed by atoms with Crippen LogP contribution in [0.15, 0.2) is 44.5 Å². The van der Waals surface area contributed by atoms with Gasteiger partial charge >= 0.3 is 0 Å². The summed E-state index contributed by atoms with van der Waals surface area (Å²) >= 11 is 7.26. The Hall–Kier alpha value is -2.32. The standard InChI is InChI=1S/C17H15ClN4O3S/c18-12-5-3-11(4-6-12)14-8-13(25-21-14)10-26-17-20-19-15(24-17)9-22-7-1-2-16(22)23/h3-6,8H,1-2,7,9-10H2. The van der Waals surface area contributed by atoms with Gasteiger partial charge in [-0.1, -0.05) is 40.7 Å². The summed E-state index contributed by atoms with van der Waals surface area (Å²) in [7, 11) is 0. The van der Waals surface area contributed by atoms with E-state index in [9.17, 15) is 4.79 Å². The number of amides is 1. The highest BCUT2D eigenvalue weighted by atomic mass is 35.5. The summed E-state index contributed by atoms with van der Waals surface area (Å²) < 4.78 is 10.9. The molecule has 0 atom stereocenters. The number of likely N-dealkylation sites (tertiary alicyclic amines) is 1. The van der Waals surface area contributed by atoms with Crippen molar-refractivity contribution in [2.45, 2.75) is 30.4 Å². The van der Waals surface area contributed by atoms with Crippen LogP contribution >= 0.6 is 23.4 Å². The molecule has 26 heavy (non-hydrogen) atoms. The van der Waals surface area contributed by atoms with Crippen LogP contribution in [0.2, 0.25) is 5.02 Å². The number of halogens is 1. The minimum Gasteiger partial charge on any atom is -0.414 e. The molecule has 7 nitrogen and oxygen atoms in total. The van der Waals surface area contributed by atoms with Crippen LogP contribution in [-0.4, -0.2) is 32.7 Å². The molecule has 0 saturated carbocycles. The van der Waals surface area contributed by atoms with Crippen molar-refractivity contribution in [3.8, 4) is 11.3 Å². The van der Waals surface area contributed by atoms with Crippen molar-refractivity contribution in [2.75, 3.05) is 6.54 Å². The Morgan fingerprint density at radius 2 is 2.08 bits per heavy atom. The lowest BCUT2D eigenvalue weighted by Crippen LogP contribution is -2.23. The fourth-order valence-electron chi connectivity index (χ4n) is 2.67. The number of aromatic nitrogens is 3. The first-order chi connectivity index (χ1) is 12.7. The van der Waals surface area contributed by atoms with Gasteiger partial charge in [-0.25, -0.2) is 0 Å². The summed E-state index contributed by atoms with van der Waals surface area (Å²) in [5, 5.41) is 13.2. The monoisotopic (exact) mass is 390 g/mol. The maximum atomic E-state index is 11.6. The Morgan fingerprint density at radius 3 is 2.85 bits per heavy atom. The van der Waals surface area contributed by atoms with Crippen molar-refractivity contribution >= 4 is 29.3 Å². The van der Waals surface area contributed by atoms with Crippen LogP contribution in [-0.2, 0) is 17.1 Å². The Balaban J connectivity index is 1.34. The first-order valence-corrected chi connectivity index (χ1v) is 9.48. The van der Waals surface area contributed by atoms with Gasteiger partial charge in [-0.05, 0) is 18.6 Å². The molecular formula is C17H15ClN4O3S. The number of thioether (sulfide) groups is 1. The average Bonchev–Trinajstić information content (AvgIpc) is 3.37. The minimum absolute atomic E-state index is 0.133. The van der Waals surface area contributed by atoms with Crippen LogP contribution < -0.4 is 0 Å². The van der Waals surface area contributed by atoms with E-state index in [1.165, 1.54) is 11.8 Å². The molecule has 0 spiro atoms. The van der Waals surface area contributed by atoms with Gasteiger partial charge in [0.2, 0.25) is 11.8 Å². The summed E-state index contributed by atoms with van der Waals surface area (Å²) in [5.74, 6) is 1.80. The predicted octanol–water partition coefficient (Wildman–Crippen LogP) is 3.79. The third-order valence-electron chi connectivity index (χ3n) is 3.98. The van der Waals surface area contributed by atoms with E-state index in [2.05, 4.69) is 15.4 Å². The highest BCUT2D eigenvalue weighted by Gasteiger charge is 2.22. The quantitative estimate of drug-likeness (QED) is 0.592. The van der Waals surface area contributed by atoms with Gasteiger partial charge in [0.15, 0.2) is 0 Å². The number of benzene rings is 1. The van der Waals surface area contributed by atoms with Gasteiger partial charge in [0.05, 0.1) is 12.3 Å². The first-order valence-electron chi connectivity index (χ1n) is 8.12. The fourth-order valence-corrected chi connectivity index (χ4v) is 3.45. The fraction of sp³-hybridized carbons (Fsp3) is 0.294. The molecule has 0 radical (unpaired) electrons. The van der Waals surface area contributed by atoms with Crippen LogP contribution in [0.1, 0.15) is 24.5 Å². The van der Waals surface area contributed by atoms with Crippen LogP contribution in [0.3, 0.4) is 0 Å². The van der Waals surface area contributed by atoms with E-state index < -0.39 is 0 Å². The predicted molar refractivity (Wildman–Crippen MR) is 95.5 cm³/mol. The van der Waals surface area contributed by atoms with E-state index in [1.54, 1.807) is 4.90 Å². The summed E-state index contributed by atoms with van der Waals surface area (Å²) in [6, 6.07) is 9.27. The molecule has 1 fully saturated rings. The van der Waals surface area contributed by atoms with E-state index in [0.29, 0.717) is 40.6 Å². The molecule has 0 aliphatic carbocycles. The van der Waals surface area contributed by atoms with Crippen LogP contribution in [0.25, 0.3) is 11.3 Å². The van der Waals surface area contributed by atoms with Gasteiger partial charge in [0.1, 0.15) is 11.5 Å². The van der Waals surface area contributed by atoms with E-state index in [1.807, 2.05) is 30.3 Å². The largest absolute Gasteiger partial charge is 0.414 e. The van der Waals surface area contributed by atoms with Gasteiger partial charge in [-0.2, -0.15) is 0 Å². The van der Waals surface area contributed by atoms with Crippen molar-refractivity contribution in [1.29, 1.82) is 0 Å². The van der Waals surface area contributed by atoms with Crippen LogP contribution in [0, 0.1) is 0 Å². The molecule has 1 saturated heterocycles. The van der Waals surface area contributed by atoms with E-state index in [0.717, 1.165) is 24.2 Å². The summed E-state index contributed by atoms with van der Waals surface area (Å²) in [4.78, 5) is 13.4. The first kappa shape index (κ1) is 17.1. The van der Waals surface area contributed by atoms with Crippen molar-refractivity contribution in [2.24, 2.45) is 0 Å². The van der Waals surface area contributed by atoms with Gasteiger partial charge in [-0.3, -0.25) is 4.79 Å². The number of carbonyl (C=O) groups excluding carboxylic acids is 1. The van der Waals surface area contributed by atoms with Crippen molar-refractivity contribution in [3.05, 3.63) is 47.0 Å². The SMILES string of the molecule is O=C1CCCN1Cc1nnc(SCc2cc(-c3ccc(Cl)cc3)no2)o1. The average molecular weight is 391 g/mol. The second kappa shape index (κ2) is 7.51. The van der Waals surface area contributed by atoms with Gasteiger partial charge in [0.25, 0.3) is 5.22 Å². The number of carbonyl (C=O) groups is 1. The van der Waals surface area contributed by atoms with Crippen LogP contribution in [0.5, 0.6) is 0 Å². The lowest BCUT2D eigenvalue weighted by atomic mass is 10.1. The van der Waals surface area contributed by atoms with E-state index in [-0.39, 0.29) is 5.91 Å². The molecular weight excluding hydrogens is 376 g/mol. The zero-order valence-electron chi connectivity index (χ0n) is 13.7. The summed E-state index contributed by atoms with van der Waals surface area (Å²) in [6.45, 7) is 1.12. The van der Waals surface area contributed by atoms with E-state index >= 15 is 0 Å². The van der Waals surface area contributed by atoms with Crippen molar-refractivity contribution in [3.63, 3.8) is 0 Å². The smallest absolute Gasteiger partial charge is 0.277 e. The van der Waals surface area contributed by atoms with Gasteiger partial charge in [-0.15, -0.1) is 10.2 Å². The molecule has 1 aliphatic heterocycles. The summed E-state index contributed by atoms with van der Waals surface area (Å²) in [5.41, 5.74) is 1.68. The van der Waals surface area contributed by atoms with Gasteiger partial charge < -0.3 is 13.8 Å². The highest BCUT2D eigenvalue weighted by molar-refractivity contribution is 7.98. The molecule has 0 unspecified atom stereocenters. The number of rotatable bonds is 6. The molecule has 1 aliphatic rings. The Bertz CT molecular complexity index is 909. The molecule has 1 aromatic carbocycles. The highest BCUT2D eigenvalue weighted by Crippen LogP contribution is 2.26. The molecule has 2 aromatic heterocycles. The van der Waals surface area contributed by atoms with Crippen molar-refractivity contribution < 1.29 is 13.7 Å². The number of nitrogens with zero attached hydrogens (tertiary/aromatic N) is 4. The number of hydrogen-bond donors (Lipinski definition) is 0. The molecule has 3 aromatic rings. The van der Waals surface area contributed by atoms with Crippen LogP contribution in [0.4, 0.5) is 0 Å². The molecule has 1 amide bonds. The maximum Gasteiger partial charge on any atom is 0.277 e. The summed E-state index contributed by atoms with van der Waals surface area (Å²) in [6.07, 6.45) is 1.48. The molecule has 134 valence electrons. The molecule has 0 bridgehead atoms. The van der Waals surface area contributed by atoms with E-state index in [4.69, 9.17) is 20.5 Å². The lowest BCUT2D eigenvalue weighted by molar-refractivity contribution is -0.128. The molecule has 4 rings (SSSR count). The second-order valence-electron chi connectivity index (χ2n) is 5.85. The molecule has 9 heteroatoms. The second-order valence-corrected chi connectivity index (χ2v) is 7.22. The normalized spacial score (nSPS) is 14.3. The Morgan fingerprint density at radius 1 is 1.23 bits per heavy atom. The minimum atomic E-state index is 0.133. The number of hydrogen-bond acceptors (Lipinski definition) is 7. The molecule has 0 N–H and O–H groups in total. The maximum absolute atomic E-state index is 11.6. The third kappa shape index (κ3) is 3.91. The lowest BCUT2D eigenvalue weighted by Gasteiger charge is -2.11. The Labute approximate surface area is 158 Å². The zero-order valence-corrected chi connectivity index (χ0v) is 15.3. The Kier molecular flexibility index (Phi) is 4.94. The van der Waals surface area contributed by atoms with Gasteiger partial charge in [0, 0.05) is 29.6 Å².